The maximum Gasteiger partial charge on any atom is 0.128 e. The summed E-state index contributed by atoms with van der Waals surface area (Å²) in [5.74, 6) is -0.252. The van der Waals surface area contributed by atoms with Gasteiger partial charge in [-0.05, 0) is 35.6 Å². The van der Waals surface area contributed by atoms with Crippen LogP contribution in [-0.2, 0) is 6.54 Å². The van der Waals surface area contributed by atoms with Gasteiger partial charge in [-0.1, -0.05) is 12.1 Å². The van der Waals surface area contributed by atoms with Gasteiger partial charge in [0.15, 0.2) is 0 Å². The third-order valence-electron chi connectivity index (χ3n) is 2.68. The van der Waals surface area contributed by atoms with E-state index in [0.29, 0.717) is 12.1 Å². The van der Waals surface area contributed by atoms with Crippen molar-refractivity contribution in [3.05, 3.63) is 45.9 Å². The molecule has 0 aliphatic carbocycles. The quantitative estimate of drug-likeness (QED) is 0.879. The van der Waals surface area contributed by atoms with Crippen molar-refractivity contribution in [1.82, 2.24) is 0 Å². The minimum atomic E-state index is -0.286. The first-order valence-corrected chi connectivity index (χ1v) is 6.32. The normalized spacial score (nSPS) is 12.7. The van der Waals surface area contributed by atoms with Crippen molar-refractivity contribution in [1.29, 1.82) is 0 Å². The zero-order valence-electron chi connectivity index (χ0n) is 9.61. The van der Waals surface area contributed by atoms with E-state index in [2.05, 4.69) is 0 Å². The Morgan fingerprint density at radius 3 is 2.59 bits per heavy atom. The number of halogens is 1. The summed E-state index contributed by atoms with van der Waals surface area (Å²) in [6.07, 6.45) is 0. The zero-order valence-corrected chi connectivity index (χ0v) is 10.4. The molecule has 0 saturated heterocycles. The second kappa shape index (κ2) is 4.96. The number of thiophene rings is 1. The summed E-state index contributed by atoms with van der Waals surface area (Å²) < 4.78 is 13.8. The minimum Gasteiger partial charge on any atom is -0.326 e. The van der Waals surface area contributed by atoms with Crippen LogP contribution in [0.15, 0.2) is 29.6 Å². The van der Waals surface area contributed by atoms with E-state index in [1.165, 1.54) is 6.07 Å². The fourth-order valence-electron chi connectivity index (χ4n) is 1.72. The molecule has 17 heavy (non-hydrogen) atoms. The minimum absolute atomic E-state index is 0.252. The van der Waals surface area contributed by atoms with Crippen LogP contribution in [0.5, 0.6) is 0 Å². The highest BCUT2D eigenvalue weighted by Gasteiger charge is 2.09. The molecule has 0 saturated carbocycles. The van der Waals surface area contributed by atoms with Crippen LogP contribution in [0.25, 0.3) is 11.1 Å². The Hall–Kier alpha value is -1.23. The molecule has 0 aliphatic heterocycles. The lowest BCUT2D eigenvalue weighted by Crippen LogP contribution is -2.07. The first kappa shape index (κ1) is 12.2. The van der Waals surface area contributed by atoms with Crippen LogP contribution in [0.3, 0.4) is 0 Å². The lowest BCUT2D eigenvalue weighted by Gasteiger charge is -2.08. The monoisotopic (exact) mass is 250 g/mol. The molecule has 4 heteroatoms. The molecule has 1 atom stereocenters. The zero-order chi connectivity index (χ0) is 12.4. The molecule has 1 heterocycles. The lowest BCUT2D eigenvalue weighted by atomic mass is 10.0. The molecule has 0 aliphatic rings. The van der Waals surface area contributed by atoms with E-state index < -0.39 is 0 Å². The third-order valence-corrected chi connectivity index (χ3v) is 3.64. The Morgan fingerprint density at radius 2 is 2.06 bits per heavy atom. The van der Waals surface area contributed by atoms with E-state index in [4.69, 9.17) is 11.5 Å². The van der Waals surface area contributed by atoms with E-state index in [-0.39, 0.29) is 11.9 Å². The Balaban J connectivity index is 2.37. The average Bonchev–Trinajstić information content (AvgIpc) is 2.76. The molecule has 0 fully saturated rings. The number of rotatable bonds is 3. The second-order valence-electron chi connectivity index (χ2n) is 4.03. The van der Waals surface area contributed by atoms with Gasteiger partial charge in [-0.2, -0.15) is 0 Å². The first-order chi connectivity index (χ1) is 8.11. The molecule has 0 spiro atoms. The van der Waals surface area contributed by atoms with Crippen LogP contribution in [0.4, 0.5) is 4.39 Å². The van der Waals surface area contributed by atoms with Gasteiger partial charge in [0.2, 0.25) is 0 Å². The van der Waals surface area contributed by atoms with Gasteiger partial charge in [-0.25, -0.2) is 4.39 Å². The van der Waals surface area contributed by atoms with Gasteiger partial charge in [0.05, 0.1) is 0 Å². The van der Waals surface area contributed by atoms with Crippen molar-refractivity contribution in [2.45, 2.75) is 19.5 Å². The van der Waals surface area contributed by atoms with Crippen molar-refractivity contribution in [3.8, 4) is 11.1 Å². The molecule has 2 rings (SSSR count). The van der Waals surface area contributed by atoms with Crippen molar-refractivity contribution in [2.75, 3.05) is 0 Å². The molecule has 4 N–H and O–H groups in total. The Kier molecular flexibility index (Phi) is 3.57. The standard InChI is InChI=1S/C13H15FN2S/c1-8(16)12-3-2-9(5-13(12)14)10-4-11(6-15)17-7-10/h2-5,7-8H,6,15-16H2,1H3. The summed E-state index contributed by atoms with van der Waals surface area (Å²) in [5, 5.41) is 1.99. The topological polar surface area (TPSA) is 52.0 Å². The van der Waals surface area contributed by atoms with E-state index in [1.54, 1.807) is 24.3 Å². The Morgan fingerprint density at radius 1 is 1.29 bits per heavy atom. The predicted octanol–water partition coefficient (Wildman–Crippen LogP) is 3.03. The van der Waals surface area contributed by atoms with Crippen molar-refractivity contribution in [2.24, 2.45) is 11.5 Å². The molecule has 90 valence electrons. The van der Waals surface area contributed by atoms with Gasteiger partial charge in [-0.3, -0.25) is 0 Å². The first-order valence-electron chi connectivity index (χ1n) is 5.44. The van der Waals surface area contributed by atoms with E-state index in [9.17, 15) is 4.39 Å². The number of hydrogen-bond donors (Lipinski definition) is 2. The summed E-state index contributed by atoms with van der Waals surface area (Å²) in [7, 11) is 0. The van der Waals surface area contributed by atoms with Crippen molar-refractivity contribution < 1.29 is 4.39 Å². The molecule has 1 unspecified atom stereocenters. The summed E-state index contributed by atoms with van der Waals surface area (Å²) in [4.78, 5) is 1.09. The highest BCUT2D eigenvalue weighted by atomic mass is 32.1. The van der Waals surface area contributed by atoms with Gasteiger partial charge < -0.3 is 11.5 Å². The summed E-state index contributed by atoms with van der Waals surface area (Å²) in [5.41, 5.74) is 13.6. The van der Waals surface area contributed by atoms with Gasteiger partial charge in [-0.15, -0.1) is 11.3 Å². The summed E-state index contributed by atoms with van der Waals surface area (Å²) in [6, 6.07) is 6.87. The number of hydrogen-bond acceptors (Lipinski definition) is 3. The van der Waals surface area contributed by atoms with Crippen LogP contribution in [-0.4, -0.2) is 0 Å². The summed E-state index contributed by atoms with van der Waals surface area (Å²) >= 11 is 1.59. The highest BCUT2D eigenvalue weighted by molar-refractivity contribution is 7.10. The molecule has 1 aromatic carbocycles. The van der Waals surface area contributed by atoms with Crippen LogP contribution < -0.4 is 11.5 Å². The smallest absolute Gasteiger partial charge is 0.128 e. The largest absolute Gasteiger partial charge is 0.326 e. The average molecular weight is 250 g/mol. The maximum absolute atomic E-state index is 13.8. The second-order valence-corrected chi connectivity index (χ2v) is 5.03. The molecule has 0 radical (unpaired) electrons. The molecule has 0 amide bonds. The molecule has 2 aromatic rings. The number of nitrogens with two attached hydrogens (primary N) is 2. The lowest BCUT2D eigenvalue weighted by molar-refractivity contribution is 0.594. The fraction of sp³-hybridized carbons (Fsp3) is 0.231. The predicted molar refractivity (Wildman–Crippen MR) is 70.2 cm³/mol. The third kappa shape index (κ3) is 2.54. The summed E-state index contributed by atoms with van der Waals surface area (Å²) in [6.45, 7) is 2.29. The van der Waals surface area contributed by atoms with Crippen molar-refractivity contribution in [3.63, 3.8) is 0 Å². The molecular weight excluding hydrogens is 235 g/mol. The van der Waals surface area contributed by atoms with Crippen LogP contribution in [0.2, 0.25) is 0 Å². The van der Waals surface area contributed by atoms with E-state index in [0.717, 1.165) is 16.0 Å². The Labute approximate surface area is 104 Å². The van der Waals surface area contributed by atoms with Gasteiger partial charge >= 0.3 is 0 Å². The van der Waals surface area contributed by atoms with Crippen LogP contribution >= 0.6 is 11.3 Å². The van der Waals surface area contributed by atoms with Gasteiger partial charge in [0, 0.05) is 23.0 Å². The van der Waals surface area contributed by atoms with Crippen molar-refractivity contribution >= 4 is 11.3 Å². The van der Waals surface area contributed by atoms with Gasteiger partial charge in [0.1, 0.15) is 5.82 Å². The van der Waals surface area contributed by atoms with Crippen LogP contribution in [0, 0.1) is 5.82 Å². The fourth-order valence-corrected chi connectivity index (χ4v) is 2.49. The van der Waals surface area contributed by atoms with Crippen LogP contribution in [0.1, 0.15) is 23.4 Å². The molecule has 2 nitrogen and oxygen atoms in total. The van der Waals surface area contributed by atoms with Gasteiger partial charge in [0.25, 0.3) is 0 Å². The molecule has 1 aromatic heterocycles. The van der Waals surface area contributed by atoms with E-state index in [1.807, 2.05) is 17.5 Å². The molecule has 0 bridgehead atoms. The molecular formula is C13H15FN2S. The Bertz CT molecular complexity index is 520. The highest BCUT2D eigenvalue weighted by Crippen LogP contribution is 2.28. The van der Waals surface area contributed by atoms with E-state index >= 15 is 0 Å². The SMILES string of the molecule is CC(N)c1ccc(-c2csc(CN)c2)cc1F. The maximum atomic E-state index is 13.8. The number of benzene rings is 1.